The van der Waals surface area contributed by atoms with Crippen LogP contribution in [0.3, 0.4) is 0 Å². The molecule has 2 heterocycles. The Balaban J connectivity index is 1.92. The number of alkyl halides is 3. The van der Waals surface area contributed by atoms with Crippen LogP contribution in [0, 0.1) is 0 Å². The summed E-state index contributed by atoms with van der Waals surface area (Å²) in [5, 5.41) is 17.8. The second-order valence-electron chi connectivity index (χ2n) is 6.99. The summed E-state index contributed by atoms with van der Waals surface area (Å²) in [5.41, 5.74) is 4.95. The van der Waals surface area contributed by atoms with Gasteiger partial charge in [-0.05, 0) is 41.8 Å². The second-order valence-corrected chi connectivity index (χ2v) is 6.99. The van der Waals surface area contributed by atoms with Crippen molar-refractivity contribution in [2.24, 2.45) is 10.2 Å². The number of aromatic hydroxyl groups is 1. The molecule has 8 heteroatoms. The average molecular weight is 388 g/mol. The van der Waals surface area contributed by atoms with Crippen LogP contribution in [0.2, 0.25) is 0 Å². The van der Waals surface area contributed by atoms with Crippen molar-refractivity contribution in [3.63, 3.8) is 0 Å². The van der Waals surface area contributed by atoms with E-state index in [9.17, 15) is 18.3 Å². The molecule has 0 fully saturated rings. The number of hydrogen-bond donors (Lipinski definition) is 2. The molecule has 1 aliphatic rings. The molecule has 2 N–H and O–H groups in total. The number of rotatable bonds is 3. The number of benzene rings is 2. The van der Waals surface area contributed by atoms with Crippen LogP contribution in [0.5, 0.6) is 5.88 Å². The number of halogens is 3. The Morgan fingerprint density at radius 2 is 1.93 bits per heavy atom. The van der Waals surface area contributed by atoms with Gasteiger partial charge in [-0.2, -0.15) is 18.3 Å². The van der Waals surface area contributed by atoms with Crippen LogP contribution >= 0.6 is 0 Å². The monoisotopic (exact) mass is 388 g/mol. The minimum absolute atomic E-state index is 0.0347. The van der Waals surface area contributed by atoms with Crippen LogP contribution < -0.4 is 0 Å². The highest BCUT2D eigenvalue weighted by Crippen LogP contribution is 2.43. The number of nitrogens with zero attached hydrogens (tertiary/aromatic N) is 3. The molecule has 1 aromatic heterocycles. The van der Waals surface area contributed by atoms with Crippen LogP contribution in [0.1, 0.15) is 11.1 Å². The summed E-state index contributed by atoms with van der Waals surface area (Å²) in [5.74, 6) is -0.276. The molecule has 4 rings (SSSR count). The molecule has 5 nitrogen and oxygen atoms in total. The number of fused-ring (bicyclic) bond motifs is 3. The Bertz CT molecular complexity index is 1040. The molecular weight excluding hydrogens is 369 g/mol. The third kappa shape index (κ3) is 3.47. The standard InChI is InChI=1S/C20H19F3N4O/c1-27-8-7-13-14(12-5-3-2-4-6-12)9-15-17(16(13)10-27)25-19(28)18(15)26-24-11-20(21,22)23/h2-6,9,25,28H,7-8,10-11H2,1H3. The Hall–Kier alpha value is -2.87. The van der Waals surface area contributed by atoms with Gasteiger partial charge in [0.25, 0.3) is 0 Å². The molecule has 0 amide bonds. The maximum absolute atomic E-state index is 12.4. The first kappa shape index (κ1) is 18.5. The molecule has 0 unspecified atom stereocenters. The molecular formula is C20H19F3N4O. The number of hydrogen-bond acceptors (Lipinski definition) is 4. The molecule has 0 aliphatic carbocycles. The maximum atomic E-state index is 12.4. The SMILES string of the molecule is CN1CCc2c(-c3ccccc3)cc3c(N=NCC(F)(F)F)c(O)[nH]c3c2C1. The van der Waals surface area contributed by atoms with E-state index < -0.39 is 12.7 Å². The number of aromatic nitrogens is 1. The number of H-pyrrole nitrogens is 1. The first-order valence-corrected chi connectivity index (χ1v) is 8.91. The first-order chi connectivity index (χ1) is 13.3. The van der Waals surface area contributed by atoms with E-state index in [1.165, 1.54) is 5.56 Å². The summed E-state index contributed by atoms with van der Waals surface area (Å²) < 4.78 is 37.3. The van der Waals surface area contributed by atoms with Gasteiger partial charge in [0.15, 0.2) is 12.2 Å². The number of nitrogens with one attached hydrogen (secondary N) is 1. The normalized spacial score (nSPS) is 15.4. The molecule has 0 bridgehead atoms. The summed E-state index contributed by atoms with van der Waals surface area (Å²) in [4.78, 5) is 5.06. The fourth-order valence-corrected chi connectivity index (χ4v) is 3.69. The van der Waals surface area contributed by atoms with E-state index in [0.717, 1.165) is 29.7 Å². The van der Waals surface area contributed by atoms with Crippen LogP contribution in [0.25, 0.3) is 22.0 Å². The minimum atomic E-state index is -4.44. The molecule has 3 aromatic rings. The van der Waals surface area contributed by atoms with Gasteiger partial charge in [-0.3, -0.25) is 0 Å². The van der Waals surface area contributed by atoms with E-state index in [2.05, 4.69) is 20.1 Å². The predicted octanol–water partition coefficient (Wildman–Crippen LogP) is 5.17. The summed E-state index contributed by atoms with van der Waals surface area (Å²) in [6.07, 6.45) is -3.60. The fraction of sp³-hybridized carbons (Fsp3) is 0.300. The zero-order valence-electron chi connectivity index (χ0n) is 15.2. The fourth-order valence-electron chi connectivity index (χ4n) is 3.69. The van der Waals surface area contributed by atoms with Gasteiger partial charge in [0.2, 0.25) is 5.88 Å². The lowest BCUT2D eigenvalue weighted by Crippen LogP contribution is -2.27. The van der Waals surface area contributed by atoms with Crippen molar-refractivity contribution < 1.29 is 18.3 Å². The molecule has 0 radical (unpaired) electrons. The highest BCUT2D eigenvalue weighted by molar-refractivity contribution is 6.00. The summed E-state index contributed by atoms with van der Waals surface area (Å²) in [6, 6.07) is 11.7. The van der Waals surface area contributed by atoms with Gasteiger partial charge in [-0.1, -0.05) is 30.3 Å². The minimum Gasteiger partial charge on any atom is -0.493 e. The Morgan fingerprint density at radius 1 is 1.18 bits per heavy atom. The summed E-state index contributed by atoms with van der Waals surface area (Å²) >= 11 is 0. The zero-order chi connectivity index (χ0) is 19.9. The molecule has 0 atom stereocenters. The third-order valence-electron chi connectivity index (χ3n) is 4.95. The Labute approximate surface area is 159 Å². The lowest BCUT2D eigenvalue weighted by Gasteiger charge is -2.27. The molecule has 146 valence electrons. The largest absolute Gasteiger partial charge is 0.493 e. The highest BCUT2D eigenvalue weighted by atomic mass is 19.4. The van der Waals surface area contributed by atoms with Gasteiger partial charge < -0.3 is 15.0 Å². The third-order valence-corrected chi connectivity index (χ3v) is 4.95. The van der Waals surface area contributed by atoms with Crippen molar-refractivity contribution in [2.45, 2.75) is 19.1 Å². The number of likely N-dealkylation sites (N-methyl/N-ethyl adjacent to an activating group) is 1. The van der Waals surface area contributed by atoms with Gasteiger partial charge in [0, 0.05) is 18.5 Å². The van der Waals surface area contributed by atoms with Crippen LogP contribution in [0.15, 0.2) is 46.6 Å². The Kier molecular flexibility index (Phi) is 4.58. The summed E-state index contributed by atoms with van der Waals surface area (Å²) in [6.45, 7) is 0.188. The van der Waals surface area contributed by atoms with E-state index in [4.69, 9.17) is 0 Å². The lowest BCUT2D eigenvalue weighted by molar-refractivity contribution is -0.119. The molecule has 1 aliphatic heterocycles. The van der Waals surface area contributed by atoms with E-state index >= 15 is 0 Å². The van der Waals surface area contributed by atoms with Gasteiger partial charge in [0.05, 0.1) is 5.52 Å². The van der Waals surface area contributed by atoms with E-state index in [1.807, 2.05) is 43.4 Å². The van der Waals surface area contributed by atoms with Crippen LogP contribution in [-0.4, -0.2) is 41.3 Å². The van der Waals surface area contributed by atoms with Gasteiger partial charge >= 0.3 is 6.18 Å². The van der Waals surface area contributed by atoms with Crippen molar-refractivity contribution in [3.8, 4) is 17.0 Å². The van der Waals surface area contributed by atoms with Crippen molar-refractivity contribution in [2.75, 3.05) is 20.1 Å². The summed E-state index contributed by atoms with van der Waals surface area (Å²) in [7, 11) is 2.01. The van der Waals surface area contributed by atoms with Gasteiger partial charge in [-0.25, -0.2) is 0 Å². The molecule has 0 saturated heterocycles. The molecule has 28 heavy (non-hydrogen) atoms. The molecule has 0 spiro atoms. The first-order valence-electron chi connectivity index (χ1n) is 8.91. The van der Waals surface area contributed by atoms with Gasteiger partial charge in [-0.15, -0.1) is 5.11 Å². The predicted molar refractivity (Wildman–Crippen MR) is 101 cm³/mol. The maximum Gasteiger partial charge on any atom is 0.409 e. The highest BCUT2D eigenvalue weighted by Gasteiger charge is 2.27. The molecule has 2 aromatic carbocycles. The van der Waals surface area contributed by atoms with Gasteiger partial charge in [0.1, 0.15) is 0 Å². The van der Waals surface area contributed by atoms with Crippen molar-refractivity contribution in [1.82, 2.24) is 9.88 Å². The number of aromatic amines is 1. The van der Waals surface area contributed by atoms with E-state index in [0.29, 0.717) is 17.4 Å². The van der Waals surface area contributed by atoms with Crippen LogP contribution in [0.4, 0.5) is 18.9 Å². The zero-order valence-corrected chi connectivity index (χ0v) is 15.2. The van der Waals surface area contributed by atoms with E-state index in [1.54, 1.807) is 0 Å². The second kappa shape index (κ2) is 6.94. The molecule has 0 saturated carbocycles. The Morgan fingerprint density at radius 3 is 2.64 bits per heavy atom. The van der Waals surface area contributed by atoms with Crippen LogP contribution in [-0.2, 0) is 13.0 Å². The quantitative estimate of drug-likeness (QED) is 0.608. The van der Waals surface area contributed by atoms with Crippen molar-refractivity contribution in [1.29, 1.82) is 0 Å². The van der Waals surface area contributed by atoms with Crippen molar-refractivity contribution in [3.05, 3.63) is 47.5 Å². The topological polar surface area (TPSA) is 64.0 Å². The van der Waals surface area contributed by atoms with E-state index in [-0.39, 0.29) is 11.6 Å². The van der Waals surface area contributed by atoms with Crippen molar-refractivity contribution >= 4 is 16.6 Å². The number of azo groups is 1. The smallest absolute Gasteiger partial charge is 0.409 e. The average Bonchev–Trinajstić information content (AvgIpc) is 2.97. The lowest BCUT2D eigenvalue weighted by atomic mass is 9.89.